The monoisotopic (exact) mass is 350 g/mol. The number of carboxylic acids is 1. The van der Waals surface area contributed by atoms with Crippen molar-refractivity contribution in [2.24, 2.45) is 0 Å². The Morgan fingerprint density at radius 2 is 1.76 bits per heavy atom. The third-order valence-electron chi connectivity index (χ3n) is 3.60. The topological polar surface area (TPSA) is 79.3 Å². The number of carbonyl (C=O) groups is 2. The molecule has 1 saturated carbocycles. The molecule has 1 amide bonds. The fourth-order valence-electron chi connectivity index (χ4n) is 2.43. The molecule has 2 rings (SSSR count). The van der Waals surface area contributed by atoms with Crippen LogP contribution in [0.3, 0.4) is 0 Å². The number of aliphatic carboxylic acids is 1. The predicted molar refractivity (Wildman–Crippen MR) is 80.2 cm³/mol. The second-order valence-corrected chi connectivity index (χ2v) is 6.15. The van der Waals surface area contributed by atoms with Crippen LogP contribution in [0.15, 0.2) is 6.20 Å². The van der Waals surface area contributed by atoms with Crippen LogP contribution in [0.4, 0.5) is 0 Å². The number of halogens is 3. The Kier molecular flexibility index (Phi) is 4.96. The highest BCUT2D eigenvalue weighted by molar-refractivity contribution is 6.48. The van der Waals surface area contributed by atoms with E-state index >= 15 is 0 Å². The average molecular weight is 352 g/mol. The van der Waals surface area contributed by atoms with Crippen LogP contribution in [-0.2, 0) is 4.79 Å². The highest BCUT2D eigenvalue weighted by atomic mass is 35.5. The van der Waals surface area contributed by atoms with Crippen molar-refractivity contribution in [1.82, 2.24) is 10.3 Å². The molecule has 1 heterocycles. The average Bonchev–Trinajstić information content (AvgIpc) is 2.45. The van der Waals surface area contributed by atoms with Crippen LogP contribution in [0, 0.1) is 0 Å². The Morgan fingerprint density at radius 1 is 1.14 bits per heavy atom. The zero-order valence-corrected chi connectivity index (χ0v) is 13.2. The van der Waals surface area contributed by atoms with E-state index in [0.717, 1.165) is 19.3 Å². The summed E-state index contributed by atoms with van der Waals surface area (Å²) in [6.45, 7) is 0. The van der Waals surface area contributed by atoms with Gasteiger partial charge in [0, 0.05) is 6.20 Å². The molecule has 0 bridgehead atoms. The number of rotatable bonds is 3. The van der Waals surface area contributed by atoms with Gasteiger partial charge >= 0.3 is 5.97 Å². The van der Waals surface area contributed by atoms with E-state index in [2.05, 4.69) is 10.3 Å². The van der Waals surface area contributed by atoms with Gasteiger partial charge in [-0.15, -0.1) is 0 Å². The van der Waals surface area contributed by atoms with Crippen LogP contribution < -0.4 is 5.32 Å². The Hall–Kier alpha value is -1.04. The summed E-state index contributed by atoms with van der Waals surface area (Å²) in [5.41, 5.74) is -1.40. The number of hydrogen-bond donors (Lipinski definition) is 2. The lowest BCUT2D eigenvalue weighted by Gasteiger charge is -2.33. The van der Waals surface area contributed by atoms with Crippen LogP contribution in [0.1, 0.15) is 42.6 Å². The number of nitrogens with zero attached hydrogens (tertiary/aromatic N) is 1. The van der Waals surface area contributed by atoms with Gasteiger partial charge in [0.2, 0.25) is 0 Å². The molecular formula is C13H13Cl3N2O3. The van der Waals surface area contributed by atoms with E-state index in [1.54, 1.807) is 0 Å². The molecule has 0 spiro atoms. The molecule has 0 radical (unpaired) electrons. The standard InChI is InChI=1S/C13H13Cl3N2O3/c14-7-6-17-10(9(16)8(7)15)11(19)18-13(12(20)21)4-2-1-3-5-13/h6H,1-5H2,(H,18,19)(H,20,21). The maximum atomic E-state index is 12.3. The second kappa shape index (κ2) is 6.38. The molecule has 114 valence electrons. The van der Waals surface area contributed by atoms with E-state index in [1.807, 2.05) is 0 Å². The fraction of sp³-hybridized carbons (Fsp3) is 0.462. The van der Waals surface area contributed by atoms with Crippen molar-refractivity contribution >= 4 is 46.7 Å². The maximum absolute atomic E-state index is 12.3. The molecule has 5 nitrogen and oxygen atoms in total. The zero-order valence-electron chi connectivity index (χ0n) is 11.0. The van der Waals surface area contributed by atoms with Crippen molar-refractivity contribution in [3.05, 3.63) is 27.0 Å². The smallest absolute Gasteiger partial charge is 0.329 e. The van der Waals surface area contributed by atoms with Crippen molar-refractivity contribution in [3.63, 3.8) is 0 Å². The van der Waals surface area contributed by atoms with Crippen LogP contribution in [0.5, 0.6) is 0 Å². The molecule has 2 N–H and O–H groups in total. The van der Waals surface area contributed by atoms with Gasteiger partial charge in [-0.05, 0) is 12.8 Å². The number of pyridine rings is 1. The highest BCUT2D eigenvalue weighted by Gasteiger charge is 2.41. The molecule has 8 heteroatoms. The Morgan fingerprint density at radius 3 is 2.33 bits per heavy atom. The molecule has 1 aliphatic carbocycles. The molecular weight excluding hydrogens is 339 g/mol. The molecule has 0 aliphatic heterocycles. The van der Waals surface area contributed by atoms with Gasteiger partial charge in [-0.1, -0.05) is 54.1 Å². The SMILES string of the molecule is O=C(NC1(C(=O)O)CCCCC1)c1ncc(Cl)c(Cl)c1Cl. The van der Waals surface area contributed by atoms with Gasteiger partial charge in [0.25, 0.3) is 5.91 Å². The lowest BCUT2D eigenvalue weighted by molar-refractivity contribution is -0.145. The minimum Gasteiger partial charge on any atom is -0.480 e. The van der Waals surface area contributed by atoms with Crippen LogP contribution in [0.2, 0.25) is 15.1 Å². The van der Waals surface area contributed by atoms with Crippen molar-refractivity contribution in [2.45, 2.75) is 37.6 Å². The van der Waals surface area contributed by atoms with Gasteiger partial charge in [0.1, 0.15) is 11.2 Å². The van der Waals surface area contributed by atoms with Gasteiger partial charge in [-0.25, -0.2) is 9.78 Å². The zero-order chi connectivity index (χ0) is 15.6. The first-order chi connectivity index (χ1) is 9.87. The minimum absolute atomic E-state index is 0.0199. The first-order valence-corrected chi connectivity index (χ1v) is 7.56. The van der Waals surface area contributed by atoms with Gasteiger partial charge in [0.05, 0.1) is 15.1 Å². The maximum Gasteiger partial charge on any atom is 0.329 e. The van der Waals surface area contributed by atoms with Crippen molar-refractivity contribution in [1.29, 1.82) is 0 Å². The number of amides is 1. The molecule has 21 heavy (non-hydrogen) atoms. The second-order valence-electron chi connectivity index (χ2n) is 4.98. The third kappa shape index (κ3) is 3.25. The van der Waals surface area contributed by atoms with E-state index in [0.29, 0.717) is 12.8 Å². The van der Waals surface area contributed by atoms with E-state index in [4.69, 9.17) is 34.8 Å². The molecule has 1 aromatic heterocycles. The van der Waals surface area contributed by atoms with Gasteiger partial charge < -0.3 is 10.4 Å². The number of aromatic nitrogens is 1. The van der Waals surface area contributed by atoms with Gasteiger partial charge in [0.15, 0.2) is 0 Å². The highest BCUT2D eigenvalue weighted by Crippen LogP contribution is 2.33. The number of carboxylic acid groups (broad SMARTS) is 1. The molecule has 0 unspecified atom stereocenters. The summed E-state index contributed by atoms with van der Waals surface area (Å²) in [6, 6.07) is 0. The summed E-state index contributed by atoms with van der Waals surface area (Å²) in [4.78, 5) is 27.7. The van der Waals surface area contributed by atoms with E-state index in [1.165, 1.54) is 6.20 Å². The van der Waals surface area contributed by atoms with Crippen molar-refractivity contribution in [3.8, 4) is 0 Å². The van der Waals surface area contributed by atoms with E-state index in [-0.39, 0.29) is 20.8 Å². The summed E-state index contributed by atoms with van der Waals surface area (Å²) in [7, 11) is 0. The number of hydrogen-bond acceptors (Lipinski definition) is 3. The first-order valence-electron chi connectivity index (χ1n) is 6.43. The quantitative estimate of drug-likeness (QED) is 0.872. The van der Waals surface area contributed by atoms with Crippen molar-refractivity contribution < 1.29 is 14.7 Å². The predicted octanol–water partition coefficient (Wildman–Crippen LogP) is 3.56. The molecule has 0 saturated heterocycles. The summed E-state index contributed by atoms with van der Waals surface area (Å²) in [6.07, 6.45) is 4.42. The van der Waals surface area contributed by atoms with Crippen molar-refractivity contribution in [2.75, 3.05) is 0 Å². The molecule has 1 aromatic rings. The summed E-state index contributed by atoms with van der Waals surface area (Å²) in [5, 5.41) is 12.0. The largest absolute Gasteiger partial charge is 0.480 e. The molecule has 0 aromatic carbocycles. The molecule has 1 fully saturated rings. The normalized spacial score (nSPS) is 17.3. The Balaban J connectivity index is 2.28. The fourth-order valence-corrected chi connectivity index (χ4v) is 2.99. The lowest BCUT2D eigenvalue weighted by Crippen LogP contribution is -2.55. The van der Waals surface area contributed by atoms with Crippen LogP contribution >= 0.6 is 34.8 Å². The minimum atomic E-state index is -1.27. The lowest BCUT2D eigenvalue weighted by atomic mass is 9.81. The van der Waals surface area contributed by atoms with Crippen LogP contribution in [-0.4, -0.2) is 27.5 Å². The van der Waals surface area contributed by atoms with Gasteiger partial charge in [-0.3, -0.25) is 4.79 Å². The Labute approximate surface area is 136 Å². The van der Waals surface area contributed by atoms with Crippen LogP contribution in [0.25, 0.3) is 0 Å². The first kappa shape index (κ1) is 16.3. The van der Waals surface area contributed by atoms with E-state index < -0.39 is 17.4 Å². The third-order valence-corrected chi connectivity index (χ3v) is 4.84. The Bertz CT molecular complexity index is 586. The summed E-state index contributed by atoms with van der Waals surface area (Å²) in [5.74, 6) is -1.71. The van der Waals surface area contributed by atoms with E-state index in [9.17, 15) is 14.7 Å². The molecule has 0 atom stereocenters. The summed E-state index contributed by atoms with van der Waals surface area (Å²) >= 11 is 17.6. The summed E-state index contributed by atoms with van der Waals surface area (Å²) < 4.78 is 0. The van der Waals surface area contributed by atoms with Gasteiger partial charge in [-0.2, -0.15) is 0 Å². The number of nitrogens with one attached hydrogen (secondary N) is 1. The molecule has 1 aliphatic rings. The number of carbonyl (C=O) groups excluding carboxylic acids is 1.